The lowest BCUT2D eigenvalue weighted by Gasteiger charge is -2.43. The van der Waals surface area contributed by atoms with E-state index in [0.717, 1.165) is 30.2 Å². The van der Waals surface area contributed by atoms with Crippen molar-refractivity contribution in [2.75, 3.05) is 36.8 Å². The lowest BCUT2D eigenvalue weighted by atomic mass is 10.1. The van der Waals surface area contributed by atoms with E-state index in [1.165, 1.54) is 12.8 Å². The number of piperazine rings is 1. The van der Waals surface area contributed by atoms with Crippen molar-refractivity contribution in [3.63, 3.8) is 0 Å². The molecule has 2 saturated heterocycles. The molecule has 2 amide bonds. The van der Waals surface area contributed by atoms with Gasteiger partial charge in [0.25, 0.3) is 0 Å². The molecule has 0 spiro atoms. The molecule has 1 aromatic carbocycles. The van der Waals surface area contributed by atoms with Gasteiger partial charge in [0.2, 0.25) is 11.8 Å². The quantitative estimate of drug-likeness (QED) is 0.820. The summed E-state index contributed by atoms with van der Waals surface area (Å²) < 4.78 is 0. The summed E-state index contributed by atoms with van der Waals surface area (Å²) >= 11 is 1.55. The van der Waals surface area contributed by atoms with E-state index in [9.17, 15) is 9.59 Å². The number of hydrogen-bond donors (Lipinski definition) is 0. The maximum Gasteiger partial charge on any atom is 0.242 e. The predicted octanol–water partition coefficient (Wildman–Crippen LogP) is 1.82. The number of hydrogen-bond acceptors (Lipinski definition) is 4. The second-order valence-corrected chi connectivity index (χ2v) is 7.94. The van der Waals surface area contributed by atoms with Crippen molar-refractivity contribution < 1.29 is 9.59 Å². The lowest BCUT2D eigenvalue weighted by molar-refractivity contribution is -0.136. The summed E-state index contributed by atoms with van der Waals surface area (Å²) in [6.45, 7) is 5.20. The van der Waals surface area contributed by atoms with Gasteiger partial charge in [0, 0.05) is 30.1 Å². The zero-order chi connectivity index (χ0) is 16.7. The van der Waals surface area contributed by atoms with Crippen LogP contribution >= 0.6 is 11.8 Å². The van der Waals surface area contributed by atoms with Crippen LogP contribution in [0.2, 0.25) is 0 Å². The summed E-state index contributed by atoms with van der Waals surface area (Å²) in [6, 6.07) is 8.58. The lowest BCUT2D eigenvalue weighted by Crippen LogP contribution is -2.58. The second-order valence-electron chi connectivity index (χ2n) is 6.92. The Kier molecular flexibility index (Phi) is 4.26. The molecule has 2 fully saturated rings. The Morgan fingerprint density at radius 1 is 1.29 bits per heavy atom. The molecule has 0 aromatic heterocycles. The average Bonchev–Trinajstić information content (AvgIpc) is 3.03. The van der Waals surface area contributed by atoms with Crippen molar-refractivity contribution >= 4 is 29.3 Å². The van der Waals surface area contributed by atoms with Crippen molar-refractivity contribution in [1.29, 1.82) is 0 Å². The fourth-order valence-electron chi connectivity index (χ4n) is 4.09. The number of nitrogens with zero attached hydrogens (tertiary/aromatic N) is 3. The van der Waals surface area contributed by atoms with Gasteiger partial charge in [0.15, 0.2) is 0 Å². The van der Waals surface area contributed by atoms with E-state index in [1.807, 2.05) is 29.2 Å². The highest BCUT2D eigenvalue weighted by molar-refractivity contribution is 8.00. The van der Waals surface area contributed by atoms with E-state index in [4.69, 9.17) is 0 Å². The molecular formula is C18H23N3O2S. The van der Waals surface area contributed by atoms with Gasteiger partial charge in [-0.15, -0.1) is 11.8 Å². The molecule has 2 unspecified atom stereocenters. The number of carbonyl (C=O) groups excluding carboxylic acids is 2. The minimum absolute atomic E-state index is 0.0270. The minimum Gasteiger partial charge on any atom is -0.336 e. The highest BCUT2D eigenvalue weighted by Crippen LogP contribution is 2.35. The third-order valence-electron chi connectivity index (χ3n) is 5.36. The van der Waals surface area contributed by atoms with Crippen molar-refractivity contribution in [2.45, 2.75) is 36.7 Å². The van der Waals surface area contributed by atoms with E-state index in [2.05, 4.69) is 11.8 Å². The summed E-state index contributed by atoms with van der Waals surface area (Å²) in [4.78, 5) is 32.5. The van der Waals surface area contributed by atoms with Crippen LogP contribution in [0, 0.1) is 0 Å². The molecular weight excluding hydrogens is 322 g/mol. The van der Waals surface area contributed by atoms with Crippen LogP contribution in [-0.2, 0) is 9.59 Å². The van der Waals surface area contributed by atoms with E-state index in [0.29, 0.717) is 11.8 Å². The number of anilines is 1. The molecule has 6 heteroatoms. The monoisotopic (exact) mass is 345 g/mol. The zero-order valence-corrected chi connectivity index (χ0v) is 14.8. The van der Waals surface area contributed by atoms with Crippen molar-refractivity contribution in [1.82, 2.24) is 9.80 Å². The second kappa shape index (κ2) is 6.41. The molecule has 0 aliphatic carbocycles. The molecule has 0 radical (unpaired) electrons. The standard InChI is InChI=1S/C18H23N3O2S/c1-13-9-19-8-4-5-14(19)10-20(13)17(22)11-21-15-6-2-3-7-16(15)24-12-18(21)23/h2-3,6-7,13-14H,4-5,8-12H2,1H3. The number of para-hydroxylation sites is 1. The molecule has 5 nitrogen and oxygen atoms in total. The van der Waals surface area contributed by atoms with Crippen LogP contribution in [0.15, 0.2) is 29.2 Å². The van der Waals surface area contributed by atoms with Crippen LogP contribution < -0.4 is 4.90 Å². The zero-order valence-electron chi connectivity index (χ0n) is 14.0. The molecule has 3 heterocycles. The Hall–Kier alpha value is -1.53. The summed E-state index contributed by atoms with van der Waals surface area (Å²) in [5, 5.41) is 0. The Morgan fingerprint density at radius 3 is 3.00 bits per heavy atom. The fraction of sp³-hybridized carbons (Fsp3) is 0.556. The van der Waals surface area contributed by atoms with Crippen LogP contribution in [0.1, 0.15) is 19.8 Å². The van der Waals surface area contributed by atoms with Crippen molar-refractivity contribution in [3.8, 4) is 0 Å². The number of benzene rings is 1. The van der Waals surface area contributed by atoms with Crippen LogP contribution in [0.5, 0.6) is 0 Å². The van der Waals surface area contributed by atoms with Crippen molar-refractivity contribution in [3.05, 3.63) is 24.3 Å². The smallest absolute Gasteiger partial charge is 0.242 e. The topological polar surface area (TPSA) is 43.9 Å². The first-order chi connectivity index (χ1) is 11.6. The third-order valence-corrected chi connectivity index (χ3v) is 6.41. The van der Waals surface area contributed by atoms with Crippen LogP contribution in [0.3, 0.4) is 0 Å². The summed E-state index contributed by atoms with van der Waals surface area (Å²) in [5.41, 5.74) is 0.874. The molecule has 3 aliphatic rings. The molecule has 24 heavy (non-hydrogen) atoms. The fourth-order valence-corrected chi connectivity index (χ4v) is 5.02. The number of thioether (sulfide) groups is 1. The van der Waals surface area contributed by atoms with Gasteiger partial charge in [-0.3, -0.25) is 14.5 Å². The van der Waals surface area contributed by atoms with Gasteiger partial charge in [-0.1, -0.05) is 12.1 Å². The number of amides is 2. The third kappa shape index (κ3) is 2.82. The van der Waals surface area contributed by atoms with Gasteiger partial charge in [0.1, 0.15) is 6.54 Å². The molecule has 2 atom stereocenters. The first-order valence-corrected chi connectivity index (χ1v) is 9.68. The van der Waals surface area contributed by atoms with E-state index in [1.54, 1.807) is 16.7 Å². The van der Waals surface area contributed by atoms with E-state index < -0.39 is 0 Å². The molecule has 3 aliphatic heterocycles. The highest BCUT2D eigenvalue weighted by atomic mass is 32.2. The molecule has 0 bridgehead atoms. The van der Waals surface area contributed by atoms with Crippen LogP contribution in [0.4, 0.5) is 5.69 Å². The van der Waals surface area contributed by atoms with E-state index >= 15 is 0 Å². The minimum atomic E-state index is 0.0270. The summed E-state index contributed by atoms with van der Waals surface area (Å²) in [7, 11) is 0. The van der Waals surface area contributed by atoms with Crippen molar-refractivity contribution in [2.24, 2.45) is 0 Å². The molecule has 0 saturated carbocycles. The predicted molar refractivity (Wildman–Crippen MR) is 95.3 cm³/mol. The Labute approximate surface area is 147 Å². The summed E-state index contributed by atoms with van der Waals surface area (Å²) in [5.74, 6) is 0.513. The number of carbonyl (C=O) groups is 2. The van der Waals surface area contributed by atoms with Crippen LogP contribution in [-0.4, -0.2) is 65.6 Å². The van der Waals surface area contributed by atoms with E-state index in [-0.39, 0.29) is 24.4 Å². The Bertz CT molecular complexity index is 665. The van der Waals surface area contributed by atoms with Gasteiger partial charge in [0.05, 0.1) is 11.4 Å². The van der Waals surface area contributed by atoms with Gasteiger partial charge in [-0.2, -0.15) is 0 Å². The first kappa shape index (κ1) is 16.0. The van der Waals surface area contributed by atoms with Gasteiger partial charge in [-0.05, 0) is 38.4 Å². The van der Waals surface area contributed by atoms with Gasteiger partial charge < -0.3 is 9.80 Å². The van der Waals surface area contributed by atoms with Gasteiger partial charge in [-0.25, -0.2) is 0 Å². The number of fused-ring (bicyclic) bond motifs is 2. The van der Waals surface area contributed by atoms with Gasteiger partial charge >= 0.3 is 0 Å². The molecule has 4 rings (SSSR count). The SMILES string of the molecule is CC1CN2CCCC2CN1C(=O)CN1C(=O)CSc2ccccc21. The number of rotatable bonds is 2. The normalized spacial score (nSPS) is 27.1. The Balaban J connectivity index is 1.50. The maximum absolute atomic E-state index is 12.9. The maximum atomic E-state index is 12.9. The summed E-state index contributed by atoms with van der Waals surface area (Å²) in [6.07, 6.45) is 2.41. The van der Waals surface area contributed by atoms with Crippen LogP contribution in [0.25, 0.3) is 0 Å². The largest absolute Gasteiger partial charge is 0.336 e. The Morgan fingerprint density at radius 2 is 2.12 bits per heavy atom. The molecule has 0 N–H and O–H groups in total. The first-order valence-electron chi connectivity index (χ1n) is 8.69. The molecule has 1 aromatic rings. The average molecular weight is 345 g/mol. The highest BCUT2D eigenvalue weighted by Gasteiger charge is 2.37. The molecule has 128 valence electrons.